The van der Waals surface area contributed by atoms with Gasteiger partial charge in [0.05, 0.1) is 12.7 Å². The number of rotatable bonds is 4. The van der Waals surface area contributed by atoms with Crippen molar-refractivity contribution in [2.45, 2.75) is 19.3 Å². The van der Waals surface area contributed by atoms with E-state index in [1.54, 1.807) is 31.2 Å². The summed E-state index contributed by atoms with van der Waals surface area (Å²) in [6.45, 7) is 0.759. The molecular weight excluding hydrogens is 230 g/mol. The number of hydrogen-bond acceptors (Lipinski definition) is 3. The number of ether oxygens (including phenoxy) is 1. The molecule has 1 aromatic carbocycles. The van der Waals surface area contributed by atoms with Gasteiger partial charge in [0.1, 0.15) is 11.5 Å². The van der Waals surface area contributed by atoms with Crippen molar-refractivity contribution in [3.63, 3.8) is 0 Å². The van der Waals surface area contributed by atoms with Crippen molar-refractivity contribution in [1.82, 2.24) is 4.90 Å². The normalized spacial score (nSPS) is 15.0. The summed E-state index contributed by atoms with van der Waals surface area (Å²) in [5.74, 6) is 1.04. The molecule has 18 heavy (non-hydrogen) atoms. The minimum Gasteiger partial charge on any atom is -0.507 e. The van der Waals surface area contributed by atoms with E-state index in [1.165, 1.54) is 25.3 Å². The molecule has 4 nitrogen and oxygen atoms in total. The molecule has 0 atom stereocenters. The molecule has 0 spiro atoms. The van der Waals surface area contributed by atoms with E-state index in [9.17, 15) is 9.90 Å². The highest BCUT2D eigenvalue weighted by atomic mass is 16.5. The molecule has 1 fully saturated rings. The van der Waals surface area contributed by atoms with Gasteiger partial charge in [0.2, 0.25) is 0 Å². The van der Waals surface area contributed by atoms with Crippen molar-refractivity contribution in [3.8, 4) is 11.5 Å². The van der Waals surface area contributed by atoms with Crippen molar-refractivity contribution < 1.29 is 14.6 Å². The van der Waals surface area contributed by atoms with Crippen molar-refractivity contribution >= 4 is 5.91 Å². The van der Waals surface area contributed by atoms with E-state index in [4.69, 9.17) is 4.74 Å². The summed E-state index contributed by atoms with van der Waals surface area (Å²) in [4.78, 5) is 13.9. The van der Waals surface area contributed by atoms with Crippen molar-refractivity contribution in [3.05, 3.63) is 23.8 Å². The average Bonchev–Trinajstić information content (AvgIpc) is 2.33. The average molecular weight is 249 g/mol. The highest BCUT2D eigenvalue weighted by Gasteiger charge is 2.23. The standard InChI is InChI=1S/C14H19NO3/c1-15(9-10-4-3-5-10)14(17)12-8-11(18-2)6-7-13(12)16/h6-8,10,16H,3-5,9H2,1-2H3. The Balaban J connectivity index is 2.11. The summed E-state index contributed by atoms with van der Waals surface area (Å²) < 4.78 is 5.07. The zero-order valence-electron chi connectivity index (χ0n) is 10.8. The van der Waals surface area contributed by atoms with Crippen LogP contribution < -0.4 is 4.74 Å². The molecule has 0 radical (unpaired) electrons. The summed E-state index contributed by atoms with van der Waals surface area (Å²) in [5, 5.41) is 9.75. The smallest absolute Gasteiger partial charge is 0.257 e. The van der Waals surface area contributed by atoms with Crippen molar-refractivity contribution in [2.24, 2.45) is 5.92 Å². The molecule has 4 heteroatoms. The third-order valence-electron chi connectivity index (χ3n) is 3.54. The molecule has 0 bridgehead atoms. The molecule has 1 amide bonds. The molecule has 98 valence electrons. The number of phenols is 1. The Labute approximate surface area is 107 Å². The minimum atomic E-state index is -0.154. The Morgan fingerprint density at radius 1 is 1.50 bits per heavy atom. The van der Waals surface area contributed by atoms with Crippen LogP contribution in [0.5, 0.6) is 11.5 Å². The maximum Gasteiger partial charge on any atom is 0.257 e. The fourth-order valence-electron chi connectivity index (χ4n) is 2.16. The molecule has 2 rings (SSSR count). The first kappa shape index (κ1) is 12.7. The number of carbonyl (C=O) groups excluding carboxylic acids is 1. The highest BCUT2D eigenvalue weighted by molar-refractivity contribution is 5.97. The molecule has 0 saturated heterocycles. The van der Waals surface area contributed by atoms with Crippen LogP contribution in [0.25, 0.3) is 0 Å². The quantitative estimate of drug-likeness (QED) is 0.890. The SMILES string of the molecule is COc1ccc(O)c(C(=O)N(C)CC2CCC2)c1. The second-order valence-electron chi connectivity index (χ2n) is 4.87. The van der Waals surface area contributed by atoms with Gasteiger partial charge in [-0.3, -0.25) is 4.79 Å². The lowest BCUT2D eigenvalue weighted by Crippen LogP contribution is -2.34. The van der Waals surface area contributed by atoms with E-state index >= 15 is 0 Å². The number of methoxy groups -OCH3 is 1. The van der Waals surface area contributed by atoms with Crippen molar-refractivity contribution in [2.75, 3.05) is 20.7 Å². The van der Waals surface area contributed by atoms with Crippen LogP contribution in [0.1, 0.15) is 29.6 Å². The third-order valence-corrected chi connectivity index (χ3v) is 3.54. The number of phenolic OH excluding ortho intramolecular Hbond substituents is 1. The van der Waals surface area contributed by atoms with Gasteiger partial charge in [0.25, 0.3) is 5.91 Å². The first-order valence-electron chi connectivity index (χ1n) is 6.24. The first-order chi connectivity index (χ1) is 8.61. The molecule has 0 aliphatic heterocycles. The predicted octanol–water partition coefficient (Wildman–Crippen LogP) is 2.27. The Bertz CT molecular complexity index is 441. The summed E-state index contributed by atoms with van der Waals surface area (Å²) in [6, 6.07) is 4.70. The Kier molecular flexibility index (Phi) is 3.75. The van der Waals surface area contributed by atoms with Crippen LogP contribution in [0.3, 0.4) is 0 Å². The topological polar surface area (TPSA) is 49.8 Å². The molecule has 0 aromatic heterocycles. The van der Waals surface area contributed by atoms with Gasteiger partial charge in [-0.1, -0.05) is 6.42 Å². The summed E-state index contributed by atoms with van der Waals surface area (Å²) in [5.41, 5.74) is 0.302. The van der Waals surface area contributed by atoms with E-state index in [0.717, 1.165) is 6.54 Å². The van der Waals surface area contributed by atoms with Gasteiger partial charge in [-0.15, -0.1) is 0 Å². The Morgan fingerprint density at radius 3 is 2.78 bits per heavy atom. The zero-order chi connectivity index (χ0) is 13.1. The molecule has 1 N–H and O–H groups in total. The maximum absolute atomic E-state index is 12.2. The lowest BCUT2D eigenvalue weighted by molar-refractivity contribution is 0.0742. The number of nitrogens with zero attached hydrogens (tertiary/aromatic N) is 1. The van der Waals surface area contributed by atoms with E-state index in [-0.39, 0.29) is 11.7 Å². The molecule has 0 unspecified atom stereocenters. The molecule has 1 aliphatic carbocycles. The van der Waals surface area contributed by atoms with Crippen molar-refractivity contribution in [1.29, 1.82) is 0 Å². The molecule has 1 aromatic rings. The van der Waals surface area contributed by atoms with Crippen LogP contribution in [0, 0.1) is 5.92 Å². The second kappa shape index (κ2) is 5.29. The van der Waals surface area contributed by atoms with Crippen LogP contribution in [0.15, 0.2) is 18.2 Å². The fraction of sp³-hybridized carbons (Fsp3) is 0.500. The fourth-order valence-corrected chi connectivity index (χ4v) is 2.16. The van der Waals surface area contributed by atoms with E-state index in [2.05, 4.69) is 0 Å². The van der Waals surface area contributed by atoms with E-state index < -0.39 is 0 Å². The Morgan fingerprint density at radius 2 is 2.22 bits per heavy atom. The second-order valence-corrected chi connectivity index (χ2v) is 4.87. The molecular formula is C14H19NO3. The lowest BCUT2D eigenvalue weighted by Gasteiger charge is -2.30. The monoisotopic (exact) mass is 249 g/mol. The van der Waals surface area contributed by atoms with Gasteiger partial charge in [-0.05, 0) is 37.0 Å². The van der Waals surface area contributed by atoms with Crippen LogP contribution in [-0.4, -0.2) is 36.6 Å². The number of hydrogen-bond donors (Lipinski definition) is 1. The zero-order valence-corrected chi connectivity index (χ0v) is 10.8. The van der Waals surface area contributed by atoms with Gasteiger partial charge in [-0.2, -0.15) is 0 Å². The maximum atomic E-state index is 12.2. The minimum absolute atomic E-state index is 0.00117. The predicted molar refractivity (Wildman–Crippen MR) is 69.0 cm³/mol. The van der Waals surface area contributed by atoms with Gasteiger partial charge in [0, 0.05) is 13.6 Å². The summed E-state index contributed by atoms with van der Waals surface area (Å²) in [6.07, 6.45) is 3.65. The number of aromatic hydroxyl groups is 1. The number of carbonyl (C=O) groups is 1. The molecule has 1 saturated carbocycles. The highest BCUT2D eigenvalue weighted by Crippen LogP contribution is 2.28. The lowest BCUT2D eigenvalue weighted by atomic mass is 9.85. The van der Waals surface area contributed by atoms with E-state index in [0.29, 0.717) is 17.2 Å². The summed E-state index contributed by atoms with van der Waals surface area (Å²) in [7, 11) is 3.32. The van der Waals surface area contributed by atoms with Gasteiger partial charge in [-0.25, -0.2) is 0 Å². The number of amides is 1. The van der Waals surface area contributed by atoms with Crippen LogP contribution in [0.4, 0.5) is 0 Å². The summed E-state index contributed by atoms with van der Waals surface area (Å²) >= 11 is 0. The van der Waals surface area contributed by atoms with Gasteiger partial charge < -0.3 is 14.7 Å². The van der Waals surface area contributed by atoms with Crippen LogP contribution in [-0.2, 0) is 0 Å². The van der Waals surface area contributed by atoms with Gasteiger partial charge >= 0.3 is 0 Å². The largest absolute Gasteiger partial charge is 0.507 e. The van der Waals surface area contributed by atoms with E-state index in [1.807, 2.05) is 0 Å². The first-order valence-corrected chi connectivity index (χ1v) is 6.24. The third kappa shape index (κ3) is 2.58. The van der Waals surface area contributed by atoms with Gasteiger partial charge in [0.15, 0.2) is 0 Å². The Hall–Kier alpha value is -1.71. The molecule has 0 heterocycles. The molecule has 1 aliphatic rings. The van der Waals surface area contributed by atoms with Crippen LogP contribution >= 0.6 is 0 Å². The number of benzene rings is 1. The van der Waals surface area contributed by atoms with Crippen LogP contribution in [0.2, 0.25) is 0 Å².